The molecule has 0 bridgehead atoms. The van der Waals surface area contributed by atoms with Crippen molar-refractivity contribution in [2.24, 2.45) is 0 Å². The summed E-state index contributed by atoms with van der Waals surface area (Å²) in [6.45, 7) is 0.422. The third-order valence-corrected chi connectivity index (χ3v) is 2.99. The van der Waals surface area contributed by atoms with Gasteiger partial charge in [-0.15, -0.1) is 0 Å². The van der Waals surface area contributed by atoms with Crippen LogP contribution >= 0.6 is 0 Å². The van der Waals surface area contributed by atoms with E-state index in [2.05, 4.69) is 12.1 Å². The summed E-state index contributed by atoms with van der Waals surface area (Å²) in [5, 5.41) is 0. The Morgan fingerprint density at radius 1 is 1.05 bits per heavy atom. The number of carbonyl (C=O) groups excluding carboxylic acids is 1. The first-order chi connectivity index (χ1) is 9.79. The Balaban J connectivity index is 1.77. The van der Waals surface area contributed by atoms with E-state index in [9.17, 15) is 4.79 Å². The lowest BCUT2D eigenvalue weighted by Gasteiger charge is -2.06. The van der Waals surface area contributed by atoms with Crippen molar-refractivity contribution in [1.29, 1.82) is 0 Å². The molecule has 3 heteroatoms. The van der Waals surface area contributed by atoms with Crippen LogP contribution in [0.1, 0.15) is 22.3 Å². The predicted molar refractivity (Wildman–Crippen MR) is 78.0 cm³/mol. The van der Waals surface area contributed by atoms with E-state index in [-0.39, 0.29) is 5.97 Å². The topological polar surface area (TPSA) is 35.5 Å². The highest BCUT2D eigenvalue weighted by atomic mass is 16.5. The van der Waals surface area contributed by atoms with Gasteiger partial charge in [-0.3, -0.25) is 0 Å². The average molecular weight is 270 g/mol. The standard InChI is InChI=1S/C17H18O3/c1-19-16-11-5-10-15(13-16)17(18)20-12-6-9-14-7-3-2-4-8-14/h2-5,7-8,10-11,13H,6,9,12H2,1H3. The lowest BCUT2D eigenvalue weighted by molar-refractivity contribution is 0.0500. The van der Waals surface area contributed by atoms with Crippen LogP contribution in [0.3, 0.4) is 0 Å². The van der Waals surface area contributed by atoms with Crippen LogP contribution < -0.4 is 4.74 Å². The second-order valence-corrected chi connectivity index (χ2v) is 4.46. The van der Waals surface area contributed by atoms with Gasteiger partial charge in [0.05, 0.1) is 19.3 Å². The highest BCUT2D eigenvalue weighted by molar-refractivity contribution is 5.89. The fourth-order valence-electron chi connectivity index (χ4n) is 1.92. The molecule has 104 valence electrons. The van der Waals surface area contributed by atoms with Crippen LogP contribution in [0.5, 0.6) is 5.75 Å². The minimum atomic E-state index is -0.308. The van der Waals surface area contributed by atoms with Gasteiger partial charge >= 0.3 is 5.97 Å². The zero-order valence-corrected chi connectivity index (χ0v) is 11.5. The molecular formula is C17H18O3. The van der Waals surface area contributed by atoms with Crippen molar-refractivity contribution in [3.8, 4) is 5.75 Å². The van der Waals surface area contributed by atoms with Crippen molar-refractivity contribution in [2.75, 3.05) is 13.7 Å². The van der Waals surface area contributed by atoms with E-state index < -0.39 is 0 Å². The van der Waals surface area contributed by atoms with Gasteiger partial charge in [0.2, 0.25) is 0 Å². The maximum Gasteiger partial charge on any atom is 0.338 e. The van der Waals surface area contributed by atoms with E-state index in [1.54, 1.807) is 31.4 Å². The number of rotatable bonds is 6. The second kappa shape index (κ2) is 7.34. The van der Waals surface area contributed by atoms with Crippen molar-refractivity contribution >= 4 is 5.97 Å². The molecule has 2 aromatic carbocycles. The van der Waals surface area contributed by atoms with Crippen molar-refractivity contribution in [1.82, 2.24) is 0 Å². The van der Waals surface area contributed by atoms with Crippen LogP contribution in [0, 0.1) is 0 Å². The fourth-order valence-corrected chi connectivity index (χ4v) is 1.92. The Morgan fingerprint density at radius 2 is 1.85 bits per heavy atom. The number of methoxy groups -OCH3 is 1. The lowest BCUT2D eigenvalue weighted by Crippen LogP contribution is -2.07. The summed E-state index contributed by atoms with van der Waals surface area (Å²) in [5.74, 6) is 0.348. The van der Waals surface area contributed by atoms with Crippen LogP contribution in [0.25, 0.3) is 0 Å². The Morgan fingerprint density at radius 3 is 2.60 bits per heavy atom. The van der Waals surface area contributed by atoms with Gasteiger partial charge in [-0.2, -0.15) is 0 Å². The third-order valence-electron chi connectivity index (χ3n) is 2.99. The van der Waals surface area contributed by atoms with Crippen molar-refractivity contribution in [2.45, 2.75) is 12.8 Å². The minimum absolute atomic E-state index is 0.308. The van der Waals surface area contributed by atoms with E-state index in [4.69, 9.17) is 9.47 Å². The molecule has 0 aliphatic rings. The van der Waals surface area contributed by atoms with Gasteiger partial charge in [-0.25, -0.2) is 4.79 Å². The lowest BCUT2D eigenvalue weighted by atomic mass is 10.1. The molecule has 3 nitrogen and oxygen atoms in total. The van der Waals surface area contributed by atoms with E-state index in [0.29, 0.717) is 17.9 Å². The molecule has 2 rings (SSSR count). The normalized spacial score (nSPS) is 10.1. The smallest absolute Gasteiger partial charge is 0.338 e. The number of benzene rings is 2. The highest BCUT2D eigenvalue weighted by Crippen LogP contribution is 2.13. The third kappa shape index (κ3) is 4.12. The second-order valence-electron chi connectivity index (χ2n) is 4.46. The van der Waals surface area contributed by atoms with E-state index in [1.807, 2.05) is 18.2 Å². The maximum absolute atomic E-state index is 11.8. The van der Waals surface area contributed by atoms with Gasteiger partial charge < -0.3 is 9.47 Å². The zero-order chi connectivity index (χ0) is 14.2. The number of esters is 1. The van der Waals surface area contributed by atoms with Gasteiger partial charge in [0, 0.05) is 0 Å². The molecule has 0 N–H and O–H groups in total. The summed E-state index contributed by atoms with van der Waals surface area (Å²) in [7, 11) is 1.57. The maximum atomic E-state index is 11.8. The van der Waals surface area contributed by atoms with E-state index >= 15 is 0 Å². The van der Waals surface area contributed by atoms with Crippen molar-refractivity contribution in [3.63, 3.8) is 0 Å². The molecule has 0 saturated heterocycles. The van der Waals surface area contributed by atoms with E-state index in [1.165, 1.54) is 5.56 Å². The zero-order valence-electron chi connectivity index (χ0n) is 11.5. The molecule has 0 fully saturated rings. The minimum Gasteiger partial charge on any atom is -0.497 e. The molecule has 0 atom stereocenters. The van der Waals surface area contributed by atoms with Gasteiger partial charge in [0.1, 0.15) is 5.75 Å². The first kappa shape index (κ1) is 14.1. The molecule has 0 aliphatic heterocycles. The Labute approximate surface area is 119 Å². The number of hydrogen-bond donors (Lipinski definition) is 0. The molecule has 0 heterocycles. The molecule has 0 aromatic heterocycles. The van der Waals surface area contributed by atoms with Gasteiger partial charge in [-0.1, -0.05) is 36.4 Å². The summed E-state index contributed by atoms with van der Waals surface area (Å²) in [5.41, 5.74) is 1.77. The summed E-state index contributed by atoms with van der Waals surface area (Å²) in [6.07, 6.45) is 1.73. The Hall–Kier alpha value is -2.29. The van der Waals surface area contributed by atoms with Crippen LogP contribution in [0.4, 0.5) is 0 Å². The first-order valence-electron chi connectivity index (χ1n) is 6.64. The molecule has 20 heavy (non-hydrogen) atoms. The SMILES string of the molecule is COc1cccc(C(=O)OCCCc2ccccc2)c1. The summed E-state index contributed by atoms with van der Waals surface area (Å²) < 4.78 is 10.3. The fraction of sp³-hybridized carbons (Fsp3) is 0.235. The first-order valence-corrected chi connectivity index (χ1v) is 6.64. The molecule has 0 amide bonds. The van der Waals surface area contributed by atoms with Crippen molar-refractivity contribution in [3.05, 3.63) is 65.7 Å². The number of carbonyl (C=O) groups is 1. The van der Waals surface area contributed by atoms with Crippen molar-refractivity contribution < 1.29 is 14.3 Å². The average Bonchev–Trinajstić information content (AvgIpc) is 2.52. The van der Waals surface area contributed by atoms with Gasteiger partial charge in [0.25, 0.3) is 0 Å². The largest absolute Gasteiger partial charge is 0.497 e. The number of ether oxygens (including phenoxy) is 2. The highest BCUT2D eigenvalue weighted by Gasteiger charge is 2.07. The van der Waals surface area contributed by atoms with Crippen LogP contribution in [0.2, 0.25) is 0 Å². The molecule has 0 aliphatic carbocycles. The quantitative estimate of drug-likeness (QED) is 0.595. The Kier molecular flexibility index (Phi) is 5.18. The summed E-state index contributed by atoms with van der Waals surface area (Å²) >= 11 is 0. The summed E-state index contributed by atoms with van der Waals surface area (Å²) in [6, 6.07) is 17.1. The van der Waals surface area contributed by atoms with Crippen LogP contribution in [-0.4, -0.2) is 19.7 Å². The van der Waals surface area contributed by atoms with Crippen LogP contribution in [-0.2, 0) is 11.2 Å². The molecule has 0 radical (unpaired) electrons. The number of aryl methyl sites for hydroxylation is 1. The number of hydrogen-bond acceptors (Lipinski definition) is 3. The molecular weight excluding hydrogens is 252 g/mol. The molecule has 0 saturated carbocycles. The molecule has 0 spiro atoms. The Bertz CT molecular complexity index is 549. The monoisotopic (exact) mass is 270 g/mol. The molecule has 2 aromatic rings. The summed E-state index contributed by atoms with van der Waals surface area (Å²) in [4.78, 5) is 11.8. The van der Waals surface area contributed by atoms with Crippen LogP contribution in [0.15, 0.2) is 54.6 Å². The molecule has 0 unspecified atom stereocenters. The van der Waals surface area contributed by atoms with Gasteiger partial charge in [-0.05, 0) is 36.6 Å². The van der Waals surface area contributed by atoms with Gasteiger partial charge in [0.15, 0.2) is 0 Å². The predicted octanol–water partition coefficient (Wildman–Crippen LogP) is 3.48. The van der Waals surface area contributed by atoms with E-state index in [0.717, 1.165) is 12.8 Å².